The van der Waals surface area contributed by atoms with E-state index in [4.69, 9.17) is 0 Å². The lowest BCUT2D eigenvalue weighted by Crippen LogP contribution is -2.41. The van der Waals surface area contributed by atoms with Crippen molar-refractivity contribution in [3.05, 3.63) is 36.4 Å². The van der Waals surface area contributed by atoms with Gasteiger partial charge in [0.25, 0.3) is 5.56 Å². The van der Waals surface area contributed by atoms with Crippen molar-refractivity contribution in [3.8, 4) is 0 Å². The fourth-order valence-corrected chi connectivity index (χ4v) is 4.44. The van der Waals surface area contributed by atoms with Crippen molar-refractivity contribution in [3.63, 3.8) is 0 Å². The van der Waals surface area contributed by atoms with Crippen LogP contribution < -0.4 is 21.5 Å². The minimum absolute atomic E-state index is 0.151. The molecule has 30 heavy (non-hydrogen) atoms. The molecule has 0 spiro atoms. The SMILES string of the molecule is Cc1sc(C(C)(O)C(F)(F)F)nc1Cn1c(=O)c2c(n(C)c1=O)NCN2CC1CC1. The molecule has 3 heterocycles. The fourth-order valence-electron chi connectivity index (χ4n) is 3.45. The maximum atomic E-state index is 13.2. The summed E-state index contributed by atoms with van der Waals surface area (Å²) in [5, 5.41) is 12.5. The van der Waals surface area contributed by atoms with Crippen LogP contribution in [0.25, 0.3) is 0 Å². The molecule has 8 nitrogen and oxygen atoms in total. The maximum absolute atomic E-state index is 13.2. The first-order chi connectivity index (χ1) is 13.9. The third-order valence-electron chi connectivity index (χ3n) is 5.62. The van der Waals surface area contributed by atoms with Crippen LogP contribution in [0.3, 0.4) is 0 Å². The largest absolute Gasteiger partial charge is 0.423 e. The molecule has 1 aliphatic carbocycles. The standard InChI is InChI=1S/C18H22F3N5O3S/c1-9-11(23-15(30-9)17(2,29)18(19,20)21)7-26-14(27)12-13(24(3)16(26)28)22-8-25(12)6-10-4-5-10/h10,22,29H,4-8H2,1-3H3. The Morgan fingerprint density at radius 3 is 2.57 bits per heavy atom. The summed E-state index contributed by atoms with van der Waals surface area (Å²) in [6.45, 7) is 3.05. The van der Waals surface area contributed by atoms with Crippen molar-refractivity contribution in [2.24, 2.45) is 13.0 Å². The first-order valence-corrected chi connectivity index (χ1v) is 10.3. The van der Waals surface area contributed by atoms with Gasteiger partial charge < -0.3 is 15.3 Å². The van der Waals surface area contributed by atoms with Gasteiger partial charge in [-0.15, -0.1) is 11.3 Å². The number of aliphatic hydroxyl groups is 1. The Bertz CT molecular complexity index is 1110. The van der Waals surface area contributed by atoms with E-state index in [0.29, 0.717) is 53.8 Å². The van der Waals surface area contributed by atoms with E-state index in [1.165, 1.54) is 4.57 Å². The molecule has 12 heteroatoms. The first-order valence-electron chi connectivity index (χ1n) is 9.50. The molecule has 0 saturated heterocycles. The molecule has 164 valence electrons. The Kier molecular flexibility index (Phi) is 4.77. The van der Waals surface area contributed by atoms with Gasteiger partial charge in [0.1, 0.15) is 16.5 Å². The van der Waals surface area contributed by atoms with E-state index in [2.05, 4.69) is 10.3 Å². The van der Waals surface area contributed by atoms with Gasteiger partial charge in [-0.1, -0.05) is 0 Å². The number of halogens is 3. The Hall–Kier alpha value is -2.34. The van der Waals surface area contributed by atoms with E-state index >= 15 is 0 Å². The van der Waals surface area contributed by atoms with E-state index in [9.17, 15) is 27.9 Å². The van der Waals surface area contributed by atoms with E-state index in [-0.39, 0.29) is 12.2 Å². The second kappa shape index (κ2) is 6.84. The highest BCUT2D eigenvalue weighted by molar-refractivity contribution is 7.11. The number of rotatable bonds is 5. The zero-order valence-electron chi connectivity index (χ0n) is 16.7. The lowest BCUT2D eigenvalue weighted by molar-refractivity contribution is -0.258. The highest BCUT2D eigenvalue weighted by Gasteiger charge is 2.53. The summed E-state index contributed by atoms with van der Waals surface area (Å²) in [6.07, 6.45) is -2.69. The molecule has 0 bridgehead atoms. The highest BCUT2D eigenvalue weighted by Crippen LogP contribution is 2.41. The molecule has 1 saturated carbocycles. The van der Waals surface area contributed by atoms with E-state index in [1.807, 2.05) is 4.90 Å². The molecule has 0 aromatic carbocycles. The van der Waals surface area contributed by atoms with Gasteiger partial charge in [0.2, 0.25) is 5.60 Å². The second-order valence-corrected chi connectivity index (χ2v) is 9.23. The summed E-state index contributed by atoms with van der Waals surface area (Å²) in [5.41, 5.74) is -3.66. The predicted octanol–water partition coefficient (Wildman–Crippen LogP) is 1.73. The van der Waals surface area contributed by atoms with Crippen molar-refractivity contribution in [1.29, 1.82) is 0 Å². The molecule has 2 N–H and O–H groups in total. The average molecular weight is 445 g/mol. The number of hydrogen-bond donors (Lipinski definition) is 2. The van der Waals surface area contributed by atoms with Crippen LogP contribution in [0.2, 0.25) is 0 Å². The zero-order chi connectivity index (χ0) is 22.0. The van der Waals surface area contributed by atoms with Crippen molar-refractivity contribution in [1.82, 2.24) is 14.1 Å². The number of nitrogens with one attached hydrogen (secondary N) is 1. The Balaban J connectivity index is 1.74. The van der Waals surface area contributed by atoms with Gasteiger partial charge >= 0.3 is 11.9 Å². The quantitative estimate of drug-likeness (QED) is 0.728. The highest BCUT2D eigenvalue weighted by atomic mass is 32.1. The lowest BCUT2D eigenvalue weighted by Gasteiger charge is -2.23. The number of aromatic nitrogens is 3. The Morgan fingerprint density at radius 2 is 1.97 bits per heavy atom. The molecular weight excluding hydrogens is 423 g/mol. The monoisotopic (exact) mass is 445 g/mol. The van der Waals surface area contributed by atoms with Crippen LogP contribution in [-0.2, 0) is 19.2 Å². The van der Waals surface area contributed by atoms with Crippen LogP contribution in [0.5, 0.6) is 0 Å². The fraction of sp³-hybridized carbons (Fsp3) is 0.611. The van der Waals surface area contributed by atoms with Gasteiger partial charge in [0.15, 0.2) is 0 Å². The normalized spacial score (nSPS) is 18.3. The average Bonchev–Trinajstić information content (AvgIpc) is 3.24. The summed E-state index contributed by atoms with van der Waals surface area (Å²) in [5.74, 6) is 0.966. The molecule has 2 aliphatic rings. The number of anilines is 2. The number of hydrogen-bond acceptors (Lipinski definition) is 7. The molecule has 1 fully saturated rings. The topological polar surface area (TPSA) is 92.4 Å². The van der Waals surface area contributed by atoms with E-state index in [0.717, 1.165) is 17.4 Å². The number of alkyl halides is 3. The van der Waals surface area contributed by atoms with Gasteiger partial charge in [-0.05, 0) is 32.6 Å². The summed E-state index contributed by atoms with van der Waals surface area (Å²) in [7, 11) is 1.54. The van der Waals surface area contributed by atoms with Gasteiger partial charge in [-0.3, -0.25) is 13.9 Å². The zero-order valence-corrected chi connectivity index (χ0v) is 17.5. The number of nitrogens with zero attached hydrogens (tertiary/aromatic N) is 4. The van der Waals surface area contributed by atoms with E-state index < -0.39 is 28.0 Å². The number of fused-ring (bicyclic) bond motifs is 1. The van der Waals surface area contributed by atoms with Gasteiger partial charge in [0, 0.05) is 18.5 Å². The van der Waals surface area contributed by atoms with Gasteiger partial charge in [-0.2, -0.15) is 13.2 Å². The maximum Gasteiger partial charge on any atom is 0.423 e. The third-order valence-corrected chi connectivity index (χ3v) is 6.85. The predicted molar refractivity (Wildman–Crippen MR) is 106 cm³/mol. The summed E-state index contributed by atoms with van der Waals surface area (Å²) in [6, 6.07) is 0. The molecule has 4 rings (SSSR count). The molecule has 2 aromatic rings. The Labute approximate surface area is 173 Å². The summed E-state index contributed by atoms with van der Waals surface area (Å²) >= 11 is 0.698. The van der Waals surface area contributed by atoms with Gasteiger partial charge in [0.05, 0.1) is 18.9 Å². The van der Waals surface area contributed by atoms with Crippen LogP contribution in [0.15, 0.2) is 9.59 Å². The smallest absolute Gasteiger partial charge is 0.375 e. The number of thiazole rings is 1. The van der Waals surface area contributed by atoms with E-state index in [1.54, 1.807) is 14.0 Å². The number of aryl methyl sites for hydroxylation is 1. The second-order valence-electron chi connectivity index (χ2n) is 8.02. The van der Waals surface area contributed by atoms with Crippen molar-refractivity contribution < 1.29 is 18.3 Å². The molecule has 0 amide bonds. The Morgan fingerprint density at radius 1 is 1.30 bits per heavy atom. The summed E-state index contributed by atoms with van der Waals surface area (Å²) in [4.78, 5) is 32.2. The van der Waals surface area contributed by atoms with Crippen molar-refractivity contribution in [2.75, 3.05) is 23.4 Å². The third kappa shape index (κ3) is 3.31. The van der Waals surface area contributed by atoms with Crippen molar-refractivity contribution >= 4 is 22.8 Å². The summed E-state index contributed by atoms with van der Waals surface area (Å²) < 4.78 is 41.8. The van der Waals surface area contributed by atoms with Gasteiger partial charge in [-0.25, -0.2) is 9.78 Å². The minimum Gasteiger partial charge on any atom is -0.375 e. The van der Waals surface area contributed by atoms with Crippen LogP contribution in [0, 0.1) is 12.8 Å². The van der Waals surface area contributed by atoms with Crippen LogP contribution >= 0.6 is 11.3 Å². The molecule has 1 aliphatic heterocycles. The van der Waals surface area contributed by atoms with Crippen molar-refractivity contribution in [2.45, 2.75) is 45.0 Å². The first kappa shape index (κ1) is 20.9. The molecular formula is C18H22F3N5O3S. The lowest BCUT2D eigenvalue weighted by atomic mass is 10.1. The van der Waals surface area contributed by atoms with Crippen LogP contribution in [0.4, 0.5) is 24.7 Å². The molecule has 1 unspecified atom stereocenters. The molecule has 0 radical (unpaired) electrons. The minimum atomic E-state index is -4.90. The van der Waals surface area contributed by atoms with Crippen LogP contribution in [-0.4, -0.2) is 38.6 Å². The molecule has 2 aromatic heterocycles. The molecule has 1 atom stereocenters. The van der Waals surface area contributed by atoms with Crippen LogP contribution in [0.1, 0.15) is 35.3 Å².